The lowest BCUT2D eigenvalue weighted by Gasteiger charge is -2.32. The third-order valence-electron chi connectivity index (χ3n) is 6.18. The minimum absolute atomic E-state index is 0.215. The molecule has 166 valence electrons. The maximum Gasteiger partial charge on any atom is 0.309 e. The van der Waals surface area contributed by atoms with Gasteiger partial charge in [0.2, 0.25) is 0 Å². The lowest BCUT2D eigenvalue weighted by molar-refractivity contribution is -0.149. The SMILES string of the molecule is CCCCC(CC)CC(C)(Cc1cc(C(C)(C)C)c(O)c(C(C)(C)C)c1)C(=O)O. The molecule has 2 N–H and O–H groups in total. The van der Waals surface area contributed by atoms with Crippen LogP contribution in [0.2, 0.25) is 0 Å². The van der Waals surface area contributed by atoms with E-state index in [-0.39, 0.29) is 10.8 Å². The lowest BCUT2D eigenvalue weighted by Crippen LogP contribution is -2.33. The molecule has 1 aromatic carbocycles. The maximum absolute atomic E-state index is 12.3. The Hall–Kier alpha value is -1.51. The Morgan fingerprint density at radius 3 is 1.79 bits per heavy atom. The fourth-order valence-electron chi connectivity index (χ4n) is 4.21. The number of aliphatic carboxylic acids is 1. The minimum Gasteiger partial charge on any atom is -0.507 e. The summed E-state index contributed by atoms with van der Waals surface area (Å²) in [6.07, 6.45) is 5.57. The summed E-state index contributed by atoms with van der Waals surface area (Å²) >= 11 is 0. The first-order chi connectivity index (χ1) is 13.2. The monoisotopic (exact) mass is 404 g/mol. The van der Waals surface area contributed by atoms with Gasteiger partial charge >= 0.3 is 5.97 Å². The Morgan fingerprint density at radius 2 is 1.45 bits per heavy atom. The van der Waals surface area contributed by atoms with Crippen molar-refractivity contribution < 1.29 is 15.0 Å². The minimum atomic E-state index is -0.810. The van der Waals surface area contributed by atoms with Crippen LogP contribution in [0.15, 0.2) is 12.1 Å². The van der Waals surface area contributed by atoms with Crippen molar-refractivity contribution in [2.75, 3.05) is 0 Å². The predicted octanol–water partition coefficient (Wildman–Crippen LogP) is 7.23. The molecule has 3 nitrogen and oxygen atoms in total. The number of hydrogen-bond donors (Lipinski definition) is 2. The zero-order valence-electron chi connectivity index (χ0n) is 20.3. The van der Waals surface area contributed by atoms with Gasteiger partial charge in [-0.3, -0.25) is 4.79 Å². The molecule has 0 fully saturated rings. The molecule has 29 heavy (non-hydrogen) atoms. The first-order valence-corrected chi connectivity index (χ1v) is 11.3. The molecule has 0 bridgehead atoms. The molecule has 1 rings (SSSR count). The summed E-state index contributed by atoms with van der Waals surface area (Å²) in [5.41, 5.74) is 1.55. The van der Waals surface area contributed by atoms with Crippen LogP contribution >= 0.6 is 0 Å². The van der Waals surface area contributed by atoms with E-state index in [4.69, 9.17) is 0 Å². The first kappa shape index (κ1) is 25.5. The normalized spacial score (nSPS) is 15.8. The van der Waals surface area contributed by atoms with E-state index in [1.165, 1.54) is 0 Å². The van der Waals surface area contributed by atoms with Crippen molar-refractivity contribution >= 4 is 5.97 Å². The molecule has 0 saturated carbocycles. The van der Waals surface area contributed by atoms with Gasteiger partial charge in [-0.2, -0.15) is 0 Å². The molecule has 0 aliphatic rings. The number of hydrogen-bond acceptors (Lipinski definition) is 2. The van der Waals surface area contributed by atoms with Crippen LogP contribution in [-0.2, 0) is 22.0 Å². The van der Waals surface area contributed by atoms with Gasteiger partial charge in [-0.05, 0) is 53.2 Å². The van der Waals surface area contributed by atoms with E-state index in [1.807, 2.05) is 19.1 Å². The van der Waals surface area contributed by atoms with E-state index in [0.717, 1.165) is 42.4 Å². The molecule has 0 aliphatic carbocycles. The molecule has 2 unspecified atom stereocenters. The van der Waals surface area contributed by atoms with E-state index in [2.05, 4.69) is 55.4 Å². The molecule has 0 aliphatic heterocycles. The predicted molar refractivity (Wildman–Crippen MR) is 123 cm³/mol. The zero-order valence-corrected chi connectivity index (χ0v) is 20.3. The van der Waals surface area contributed by atoms with Gasteiger partial charge in [-0.15, -0.1) is 0 Å². The van der Waals surface area contributed by atoms with Crippen molar-refractivity contribution in [3.8, 4) is 5.75 Å². The molecule has 0 saturated heterocycles. The van der Waals surface area contributed by atoms with Crippen molar-refractivity contribution in [1.82, 2.24) is 0 Å². The molecule has 1 aromatic rings. The van der Waals surface area contributed by atoms with Crippen LogP contribution in [0.5, 0.6) is 5.75 Å². The van der Waals surface area contributed by atoms with Crippen LogP contribution in [0.1, 0.15) is 111 Å². The van der Waals surface area contributed by atoms with E-state index >= 15 is 0 Å². The highest BCUT2D eigenvalue weighted by Crippen LogP contribution is 2.42. The number of rotatable bonds is 9. The number of carbonyl (C=O) groups is 1. The molecule has 2 atom stereocenters. The van der Waals surface area contributed by atoms with Crippen LogP contribution in [0.4, 0.5) is 0 Å². The van der Waals surface area contributed by atoms with Gasteiger partial charge in [0.25, 0.3) is 0 Å². The van der Waals surface area contributed by atoms with Gasteiger partial charge < -0.3 is 10.2 Å². The highest BCUT2D eigenvalue weighted by molar-refractivity contribution is 5.74. The molecule has 0 amide bonds. The smallest absolute Gasteiger partial charge is 0.309 e. The number of aromatic hydroxyl groups is 1. The second-order valence-corrected chi connectivity index (χ2v) is 11.2. The molecular formula is C26H44O3. The van der Waals surface area contributed by atoms with Crippen LogP contribution in [0, 0.1) is 11.3 Å². The standard InChI is InChI=1S/C26H44O3/c1-10-12-13-18(11-2)16-26(9,23(28)29)17-19-14-20(24(3,4)5)22(27)21(15-19)25(6,7)8/h14-15,18,27H,10-13,16-17H2,1-9H3,(H,28,29). The molecule has 0 radical (unpaired) electrons. The average Bonchev–Trinajstić information content (AvgIpc) is 2.57. The van der Waals surface area contributed by atoms with Crippen molar-refractivity contribution in [1.29, 1.82) is 0 Å². The third kappa shape index (κ3) is 6.76. The first-order valence-electron chi connectivity index (χ1n) is 11.3. The molecule has 0 spiro atoms. The summed E-state index contributed by atoms with van der Waals surface area (Å²) in [6, 6.07) is 4.05. The largest absolute Gasteiger partial charge is 0.507 e. The lowest BCUT2D eigenvalue weighted by atomic mass is 9.72. The number of benzene rings is 1. The summed E-state index contributed by atoms with van der Waals surface area (Å²) in [5.74, 6) is 0.0487. The molecule has 3 heteroatoms. The summed E-state index contributed by atoms with van der Waals surface area (Å²) in [7, 11) is 0. The highest BCUT2D eigenvalue weighted by atomic mass is 16.4. The zero-order chi connectivity index (χ0) is 22.6. The van der Waals surface area contributed by atoms with Gasteiger partial charge in [0, 0.05) is 0 Å². The summed E-state index contributed by atoms with van der Waals surface area (Å²) in [6.45, 7) is 18.8. The van der Waals surface area contributed by atoms with Crippen molar-refractivity contribution in [2.24, 2.45) is 11.3 Å². The topological polar surface area (TPSA) is 57.5 Å². The van der Waals surface area contributed by atoms with Gasteiger partial charge in [0.05, 0.1) is 5.41 Å². The molecule has 0 heterocycles. The number of phenolic OH excluding ortho intramolecular Hbond substituents is 1. The Kier molecular flexibility index (Phi) is 8.39. The average molecular weight is 405 g/mol. The van der Waals surface area contributed by atoms with Crippen molar-refractivity contribution in [3.05, 3.63) is 28.8 Å². The Bertz CT molecular complexity index is 656. The Labute approximate surface area is 178 Å². The molecular weight excluding hydrogens is 360 g/mol. The number of carboxylic acid groups (broad SMARTS) is 1. The van der Waals surface area contributed by atoms with E-state index in [9.17, 15) is 15.0 Å². The fourth-order valence-corrected chi connectivity index (χ4v) is 4.21. The quantitative estimate of drug-likeness (QED) is 0.456. The summed E-state index contributed by atoms with van der Waals surface area (Å²) < 4.78 is 0. The van der Waals surface area contributed by atoms with E-state index in [0.29, 0.717) is 24.5 Å². The van der Waals surface area contributed by atoms with Crippen LogP contribution in [-0.4, -0.2) is 16.2 Å². The van der Waals surface area contributed by atoms with Crippen molar-refractivity contribution in [3.63, 3.8) is 0 Å². The Morgan fingerprint density at radius 1 is 0.966 bits per heavy atom. The number of unbranched alkanes of at least 4 members (excludes halogenated alkanes) is 1. The van der Waals surface area contributed by atoms with Gasteiger partial charge in [0.15, 0.2) is 0 Å². The van der Waals surface area contributed by atoms with Gasteiger partial charge in [-0.25, -0.2) is 0 Å². The van der Waals surface area contributed by atoms with Crippen LogP contribution in [0.25, 0.3) is 0 Å². The van der Waals surface area contributed by atoms with Gasteiger partial charge in [-0.1, -0.05) is 93.2 Å². The summed E-state index contributed by atoms with van der Waals surface area (Å²) in [5, 5.41) is 21.1. The fraction of sp³-hybridized carbons (Fsp3) is 0.731. The second-order valence-electron chi connectivity index (χ2n) is 11.2. The third-order valence-corrected chi connectivity index (χ3v) is 6.18. The number of phenols is 1. The van der Waals surface area contributed by atoms with Crippen LogP contribution < -0.4 is 0 Å². The van der Waals surface area contributed by atoms with Gasteiger partial charge in [0.1, 0.15) is 5.75 Å². The van der Waals surface area contributed by atoms with Crippen LogP contribution in [0.3, 0.4) is 0 Å². The summed E-state index contributed by atoms with van der Waals surface area (Å²) in [4.78, 5) is 12.3. The Balaban J connectivity index is 3.41. The second kappa shape index (κ2) is 9.53. The molecule has 0 aromatic heterocycles. The van der Waals surface area contributed by atoms with Crippen molar-refractivity contribution in [2.45, 2.75) is 112 Å². The number of carboxylic acids is 1. The highest BCUT2D eigenvalue weighted by Gasteiger charge is 2.36. The van der Waals surface area contributed by atoms with E-state index in [1.54, 1.807) is 0 Å². The van der Waals surface area contributed by atoms with E-state index < -0.39 is 11.4 Å². The maximum atomic E-state index is 12.3.